The summed E-state index contributed by atoms with van der Waals surface area (Å²) in [5.41, 5.74) is 8.02. The zero-order chi connectivity index (χ0) is 14.0. The lowest BCUT2D eigenvalue weighted by molar-refractivity contribution is 0.151. The molecule has 2 N–H and O–H groups in total. The van der Waals surface area contributed by atoms with Crippen molar-refractivity contribution in [2.45, 2.75) is 45.2 Å². The number of amides is 1. The van der Waals surface area contributed by atoms with Crippen molar-refractivity contribution >= 4 is 11.8 Å². The van der Waals surface area contributed by atoms with Crippen LogP contribution in [0.4, 0.5) is 10.5 Å². The van der Waals surface area contributed by atoms with Crippen LogP contribution in [0, 0.1) is 0 Å². The molecule has 0 fully saturated rings. The summed E-state index contributed by atoms with van der Waals surface area (Å²) < 4.78 is 5.20. The predicted molar refractivity (Wildman–Crippen MR) is 76.3 cm³/mol. The third-order valence-electron chi connectivity index (χ3n) is 3.75. The van der Waals surface area contributed by atoms with E-state index in [1.165, 1.54) is 0 Å². The van der Waals surface area contributed by atoms with Crippen molar-refractivity contribution in [2.75, 3.05) is 11.5 Å². The maximum atomic E-state index is 12.3. The van der Waals surface area contributed by atoms with Crippen molar-refractivity contribution in [2.24, 2.45) is 5.73 Å². The zero-order valence-electron chi connectivity index (χ0n) is 11.8. The molecule has 0 spiro atoms. The van der Waals surface area contributed by atoms with Crippen LogP contribution in [0.5, 0.6) is 0 Å². The molecule has 0 aliphatic carbocycles. The van der Waals surface area contributed by atoms with Crippen molar-refractivity contribution < 1.29 is 9.53 Å². The average Bonchev–Trinajstić information content (AvgIpc) is 2.36. The van der Waals surface area contributed by atoms with Crippen molar-refractivity contribution in [1.29, 1.82) is 0 Å². The van der Waals surface area contributed by atoms with Gasteiger partial charge in [0.25, 0.3) is 0 Å². The molecule has 104 valence electrons. The Morgan fingerprint density at radius 2 is 2.16 bits per heavy atom. The molecule has 1 amide bonds. The second-order valence-electron chi connectivity index (χ2n) is 5.30. The number of carbonyl (C=O) groups is 1. The minimum atomic E-state index is -0.435. The van der Waals surface area contributed by atoms with E-state index in [2.05, 4.69) is 6.92 Å². The number of hydrogen-bond acceptors (Lipinski definition) is 3. The van der Waals surface area contributed by atoms with E-state index in [0.29, 0.717) is 6.61 Å². The number of ether oxygens (including phenoxy) is 1. The van der Waals surface area contributed by atoms with Gasteiger partial charge in [-0.3, -0.25) is 4.90 Å². The smallest absolute Gasteiger partial charge is 0.414 e. The second kappa shape index (κ2) is 5.21. The predicted octanol–water partition coefficient (Wildman–Crippen LogP) is 2.70. The Balaban J connectivity index is 2.48. The number of rotatable bonds is 2. The molecule has 4 heteroatoms. The van der Waals surface area contributed by atoms with E-state index in [9.17, 15) is 4.79 Å². The summed E-state index contributed by atoms with van der Waals surface area (Å²) in [4.78, 5) is 14.0. The van der Waals surface area contributed by atoms with E-state index in [1.54, 1.807) is 4.90 Å². The summed E-state index contributed by atoms with van der Waals surface area (Å²) in [6.45, 7) is 6.24. The van der Waals surface area contributed by atoms with Gasteiger partial charge in [-0.25, -0.2) is 4.79 Å². The first kappa shape index (κ1) is 13.9. The first-order valence-corrected chi connectivity index (χ1v) is 6.84. The number of fused-ring (bicyclic) bond motifs is 1. The van der Waals surface area contributed by atoms with E-state index < -0.39 is 5.54 Å². The van der Waals surface area contributed by atoms with Crippen LogP contribution in [-0.2, 0) is 11.2 Å². The average molecular weight is 262 g/mol. The Labute approximate surface area is 114 Å². The first-order valence-electron chi connectivity index (χ1n) is 6.84. The Morgan fingerprint density at radius 3 is 2.79 bits per heavy atom. The van der Waals surface area contributed by atoms with E-state index >= 15 is 0 Å². The van der Waals surface area contributed by atoms with Gasteiger partial charge >= 0.3 is 6.09 Å². The molecule has 0 radical (unpaired) electrons. The molecule has 4 nitrogen and oxygen atoms in total. The Morgan fingerprint density at radius 1 is 1.47 bits per heavy atom. The van der Waals surface area contributed by atoms with E-state index in [4.69, 9.17) is 10.5 Å². The third-order valence-corrected chi connectivity index (χ3v) is 3.75. The van der Waals surface area contributed by atoms with Crippen LogP contribution in [0.15, 0.2) is 24.3 Å². The van der Waals surface area contributed by atoms with Gasteiger partial charge in [-0.1, -0.05) is 25.1 Å². The summed E-state index contributed by atoms with van der Waals surface area (Å²) in [6, 6.07) is 7.87. The zero-order valence-corrected chi connectivity index (χ0v) is 11.8. The molecule has 2 rings (SSSR count). The highest BCUT2D eigenvalue weighted by molar-refractivity contribution is 5.90. The molecule has 2 atom stereocenters. The summed E-state index contributed by atoms with van der Waals surface area (Å²) >= 11 is 0. The molecule has 0 aromatic heterocycles. The first-order chi connectivity index (χ1) is 9.01. The third kappa shape index (κ3) is 2.45. The lowest BCUT2D eigenvalue weighted by Gasteiger charge is -2.46. The van der Waals surface area contributed by atoms with Gasteiger partial charge in [0.05, 0.1) is 18.3 Å². The SMILES string of the molecule is CCOC(=O)N1c2ccccc2CC(C)(N)C1CC. The lowest BCUT2D eigenvalue weighted by atomic mass is 9.80. The minimum absolute atomic E-state index is 0.0403. The Kier molecular flexibility index (Phi) is 3.80. The fourth-order valence-corrected chi connectivity index (χ4v) is 2.95. The van der Waals surface area contributed by atoms with E-state index in [1.807, 2.05) is 38.1 Å². The normalized spacial score (nSPS) is 25.9. The van der Waals surface area contributed by atoms with Crippen molar-refractivity contribution in [3.05, 3.63) is 29.8 Å². The van der Waals surface area contributed by atoms with E-state index in [-0.39, 0.29) is 12.1 Å². The number of carbonyl (C=O) groups excluding carboxylic acids is 1. The molecule has 2 unspecified atom stereocenters. The standard InChI is InChI=1S/C15H22N2O2/c1-4-13-15(3,16)10-11-8-6-7-9-12(11)17(13)14(18)19-5-2/h6-9,13H,4-5,10,16H2,1-3H3. The monoisotopic (exact) mass is 262 g/mol. The van der Waals surface area contributed by atoms with Crippen LogP contribution in [0.2, 0.25) is 0 Å². The Hall–Kier alpha value is -1.55. The summed E-state index contributed by atoms with van der Waals surface area (Å²) in [6.07, 6.45) is 1.27. The van der Waals surface area contributed by atoms with Gasteiger partial charge in [0.1, 0.15) is 0 Å². The summed E-state index contributed by atoms with van der Waals surface area (Å²) in [5.74, 6) is 0. The fourth-order valence-electron chi connectivity index (χ4n) is 2.95. The van der Waals surface area contributed by atoms with Crippen LogP contribution < -0.4 is 10.6 Å². The van der Waals surface area contributed by atoms with Gasteiger partial charge in [0.2, 0.25) is 0 Å². The molecule has 1 aromatic carbocycles. The quantitative estimate of drug-likeness (QED) is 0.891. The Bertz CT molecular complexity index is 471. The van der Waals surface area contributed by atoms with Crippen molar-refractivity contribution in [3.8, 4) is 0 Å². The molecule has 1 heterocycles. The number of nitrogens with two attached hydrogens (primary N) is 1. The summed E-state index contributed by atoms with van der Waals surface area (Å²) in [5, 5.41) is 0. The molecular weight excluding hydrogens is 240 g/mol. The number of hydrogen-bond donors (Lipinski definition) is 1. The summed E-state index contributed by atoms with van der Waals surface area (Å²) in [7, 11) is 0. The number of anilines is 1. The van der Waals surface area contributed by atoms with Crippen molar-refractivity contribution in [3.63, 3.8) is 0 Å². The number of para-hydroxylation sites is 1. The second-order valence-corrected chi connectivity index (χ2v) is 5.30. The van der Waals surface area contributed by atoms with Crippen LogP contribution in [0.3, 0.4) is 0 Å². The lowest BCUT2D eigenvalue weighted by Crippen LogP contribution is -2.62. The van der Waals surface area contributed by atoms with Gasteiger partial charge in [-0.05, 0) is 38.3 Å². The highest BCUT2D eigenvalue weighted by Gasteiger charge is 2.42. The highest BCUT2D eigenvalue weighted by Crippen LogP contribution is 2.36. The van der Waals surface area contributed by atoms with Gasteiger partial charge in [0.15, 0.2) is 0 Å². The molecule has 0 saturated heterocycles. The molecular formula is C15H22N2O2. The molecule has 0 saturated carbocycles. The van der Waals surface area contributed by atoms with Gasteiger partial charge < -0.3 is 10.5 Å². The van der Waals surface area contributed by atoms with Crippen LogP contribution in [0.1, 0.15) is 32.8 Å². The maximum absolute atomic E-state index is 12.3. The molecule has 19 heavy (non-hydrogen) atoms. The molecule has 1 aliphatic rings. The molecule has 0 bridgehead atoms. The number of benzene rings is 1. The topological polar surface area (TPSA) is 55.6 Å². The molecule has 1 aromatic rings. The highest BCUT2D eigenvalue weighted by atomic mass is 16.6. The van der Waals surface area contributed by atoms with Crippen LogP contribution >= 0.6 is 0 Å². The minimum Gasteiger partial charge on any atom is -0.449 e. The number of nitrogens with zero attached hydrogens (tertiary/aromatic N) is 1. The van der Waals surface area contributed by atoms with Gasteiger partial charge in [-0.2, -0.15) is 0 Å². The van der Waals surface area contributed by atoms with Gasteiger partial charge in [-0.15, -0.1) is 0 Å². The largest absolute Gasteiger partial charge is 0.449 e. The van der Waals surface area contributed by atoms with E-state index in [0.717, 1.165) is 24.1 Å². The molecule has 1 aliphatic heterocycles. The van der Waals surface area contributed by atoms with Crippen LogP contribution in [0.25, 0.3) is 0 Å². The fraction of sp³-hybridized carbons (Fsp3) is 0.533. The van der Waals surface area contributed by atoms with Crippen LogP contribution in [-0.4, -0.2) is 24.3 Å². The van der Waals surface area contributed by atoms with Gasteiger partial charge in [0, 0.05) is 5.54 Å². The van der Waals surface area contributed by atoms with Crippen molar-refractivity contribution in [1.82, 2.24) is 0 Å². The maximum Gasteiger partial charge on any atom is 0.414 e.